The highest BCUT2D eigenvalue weighted by atomic mass is 16.3. The molecule has 17 heavy (non-hydrogen) atoms. The summed E-state index contributed by atoms with van der Waals surface area (Å²) in [6, 6.07) is 6.39. The number of aliphatic hydroxyl groups excluding tert-OH is 1. The van der Waals surface area contributed by atoms with E-state index in [1.54, 1.807) is 0 Å². The molecule has 2 N–H and O–H groups in total. The van der Waals surface area contributed by atoms with Gasteiger partial charge in [-0.05, 0) is 49.4 Å². The Labute approximate surface area is 105 Å². The van der Waals surface area contributed by atoms with Crippen LogP contribution in [0.3, 0.4) is 0 Å². The van der Waals surface area contributed by atoms with Crippen molar-refractivity contribution in [2.75, 3.05) is 6.54 Å². The SMILES string of the molecule is Cc1cccc(C)c1CNCCC(O)C(C)C. The summed E-state index contributed by atoms with van der Waals surface area (Å²) in [5.74, 6) is 0.344. The fourth-order valence-corrected chi connectivity index (χ4v) is 1.92. The van der Waals surface area contributed by atoms with Gasteiger partial charge in [0.2, 0.25) is 0 Å². The van der Waals surface area contributed by atoms with Gasteiger partial charge in [0.15, 0.2) is 0 Å². The maximum absolute atomic E-state index is 9.69. The van der Waals surface area contributed by atoms with Crippen LogP contribution in [0.15, 0.2) is 18.2 Å². The topological polar surface area (TPSA) is 32.3 Å². The van der Waals surface area contributed by atoms with Gasteiger partial charge >= 0.3 is 0 Å². The number of aliphatic hydroxyl groups is 1. The summed E-state index contributed by atoms with van der Waals surface area (Å²) >= 11 is 0. The minimum Gasteiger partial charge on any atom is -0.393 e. The van der Waals surface area contributed by atoms with Crippen LogP contribution in [-0.4, -0.2) is 17.8 Å². The minimum absolute atomic E-state index is 0.194. The van der Waals surface area contributed by atoms with Gasteiger partial charge in [0, 0.05) is 6.54 Å². The lowest BCUT2D eigenvalue weighted by atomic mass is 10.0. The summed E-state index contributed by atoms with van der Waals surface area (Å²) in [6.45, 7) is 10.2. The first-order valence-corrected chi connectivity index (χ1v) is 6.46. The molecular weight excluding hydrogens is 210 g/mol. The minimum atomic E-state index is -0.194. The van der Waals surface area contributed by atoms with E-state index in [1.165, 1.54) is 16.7 Å². The van der Waals surface area contributed by atoms with Gasteiger partial charge in [-0.2, -0.15) is 0 Å². The standard InChI is InChI=1S/C15H25NO/c1-11(2)15(17)8-9-16-10-14-12(3)6-5-7-13(14)4/h5-7,11,15-17H,8-10H2,1-4H3. The van der Waals surface area contributed by atoms with Gasteiger partial charge < -0.3 is 10.4 Å². The van der Waals surface area contributed by atoms with E-state index >= 15 is 0 Å². The molecule has 0 aliphatic carbocycles. The summed E-state index contributed by atoms with van der Waals surface area (Å²) in [5.41, 5.74) is 4.05. The third-order valence-electron chi connectivity index (χ3n) is 3.33. The highest BCUT2D eigenvalue weighted by Gasteiger charge is 2.08. The van der Waals surface area contributed by atoms with Crippen LogP contribution in [-0.2, 0) is 6.54 Å². The molecule has 0 fully saturated rings. The van der Waals surface area contributed by atoms with Crippen LogP contribution >= 0.6 is 0 Å². The van der Waals surface area contributed by atoms with Crippen molar-refractivity contribution in [2.24, 2.45) is 5.92 Å². The van der Waals surface area contributed by atoms with Crippen LogP contribution in [0.5, 0.6) is 0 Å². The summed E-state index contributed by atoms with van der Waals surface area (Å²) in [6.07, 6.45) is 0.628. The average Bonchev–Trinajstić information content (AvgIpc) is 2.27. The molecule has 0 heterocycles. The van der Waals surface area contributed by atoms with Gasteiger partial charge in [0.05, 0.1) is 6.10 Å². The zero-order chi connectivity index (χ0) is 12.8. The largest absolute Gasteiger partial charge is 0.393 e. The van der Waals surface area contributed by atoms with Gasteiger partial charge in [-0.25, -0.2) is 0 Å². The maximum Gasteiger partial charge on any atom is 0.0575 e. The Kier molecular flexibility index (Phi) is 5.66. The van der Waals surface area contributed by atoms with Gasteiger partial charge in [0.25, 0.3) is 0 Å². The van der Waals surface area contributed by atoms with Crippen molar-refractivity contribution < 1.29 is 5.11 Å². The van der Waals surface area contributed by atoms with Crippen molar-refractivity contribution >= 4 is 0 Å². The Hall–Kier alpha value is -0.860. The lowest BCUT2D eigenvalue weighted by Crippen LogP contribution is -2.23. The van der Waals surface area contributed by atoms with Gasteiger partial charge in [0.1, 0.15) is 0 Å². The van der Waals surface area contributed by atoms with Gasteiger partial charge in [-0.1, -0.05) is 32.0 Å². The first kappa shape index (κ1) is 14.2. The number of aryl methyl sites for hydroxylation is 2. The van der Waals surface area contributed by atoms with Crippen LogP contribution in [0, 0.1) is 19.8 Å². The van der Waals surface area contributed by atoms with Crippen LogP contribution in [0.4, 0.5) is 0 Å². The van der Waals surface area contributed by atoms with Gasteiger partial charge in [-0.3, -0.25) is 0 Å². The molecule has 0 spiro atoms. The van der Waals surface area contributed by atoms with Crippen LogP contribution in [0.25, 0.3) is 0 Å². The zero-order valence-corrected chi connectivity index (χ0v) is 11.5. The first-order chi connectivity index (χ1) is 8.02. The molecule has 0 saturated carbocycles. The normalized spacial score (nSPS) is 13.1. The summed E-state index contributed by atoms with van der Waals surface area (Å²) in [5, 5.41) is 13.1. The Morgan fingerprint density at radius 2 is 1.76 bits per heavy atom. The maximum atomic E-state index is 9.69. The Balaban J connectivity index is 2.36. The van der Waals surface area contributed by atoms with Crippen molar-refractivity contribution in [1.82, 2.24) is 5.32 Å². The van der Waals surface area contributed by atoms with Crippen LogP contribution < -0.4 is 5.32 Å². The fourth-order valence-electron chi connectivity index (χ4n) is 1.92. The van der Waals surface area contributed by atoms with Crippen LogP contribution in [0.2, 0.25) is 0 Å². The average molecular weight is 235 g/mol. The Morgan fingerprint density at radius 1 is 1.18 bits per heavy atom. The highest BCUT2D eigenvalue weighted by Crippen LogP contribution is 2.12. The number of rotatable bonds is 6. The zero-order valence-electron chi connectivity index (χ0n) is 11.5. The molecule has 0 amide bonds. The molecule has 0 aliphatic heterocycles. The van der Waals surface area contributed by atoms with E-state index in [-0.39, 0.29) is 6.10 Å². The molecule has 96 valence electrons. The van der Waals surface area contributed by atoms with Gasteiger partial charge in [-0.15, -0.1) is 0 Å². The van der Waals surface area contributed by atoms with E-state index in [4.69, 9.17) is 0 Å². The monoisotopic (exact) mass is 235 g/mol. The fraction of sp³-hybridized carbons (Fsp3) is 0.600. The predicted octanol–water partition coefficient (Wildman–Crippen LogP) is 2.80. The molecule has 1 rings (SSSR count). The van der Waals surface area contributed by atoms with E-state index in [2.05, 4.69) is 51.2 Å². The molecule has 0 bridgehead atoms. The number of hydrogen-bond acceptors (Lipinski definition) is 2. The molecule has 1 aromatic rings. The van der Waals surface area contributed by atoms with E-state index in [1.807, 2.05) is 0 Å². The first-order valence-electron chi connectivity index (χ1n) is 6.46. The summed E-state index contributed by atoms with van der Waals surface area (Å²) < 4.78 is 0. The lowest BCUT2D eigenvalue weighted by molar-refractivity contribution is 0.116. The Morgan fingerprint density at radius 3 is 2.29 bits per heavy atom. The molecular formula is C15H25NO. The second-order valence-corrected chi connectivity index (χ2v) is 5.15. The quantitative estimate of drug-likeness (QED) is 0.743. The lowest BCUT2D eigenvalue weighted by Gasteiger charge is -2.15. The molecule has 2 nitrogen and oxygen atoms in total. The molecule has 0 aliphatic rings. The number of hydrogen-bond donors (Lipinski definition) is 2. The molecule has 1 aromatic carbocycles. The Bertz CT molecular complexity index is 327. The van der Waals surface area contributed by atoms with Crippen molar-refractivity contribution in [3.63, 3.8) is 0 Å². The summed E-state index contributed by atoms with van der Waals surface area (Å²) in [4.78, 5) is 0. The second kappa shape index (κ2) is 6.77. The van der Waals surface area contributed by atoms with E-state index in [0.29, 0.717) is 5.92 Å². The number of benzene rings is 1. The smallest absolute Gasteiger partial charge is 0.0575 e. The van der Waals surface area contributed by atoms with E-state index < -0.39 is 0 Å². The molecule has 0 radical (unpaired) electrons. The third-order valence-corrected chi connectivity index (χ3v) is 3.33. The van der Waals surface area contributed by atoms with Crippen molar-refractivity contribution in [3.05, 3.63) is 34.9 Å². The van der Waals surface area contributed by atoms with E-state index in [9.17, 15) is 5.11 Å². The van der Waals surface area contributed by atoms with Crippen molar-refractivity contribution in [2.45, 2.75) is 46.8 Å². The molecule has 2 heteroatoms. The molecule has 1 unspecified atom stereocenters. The molecule has 1 atom stereocenters. The van der Waals surface area contributed by atoms with E-state index in [0.717, 1.165) is 19.5 Å². The highest BCUT2D eigenvalue weighted by molar-refractivity contribution is 5.33. The molecule has 0 aromatic heterocycles. The summed E-state index contributed by atoms with van der Waals surface area (Å²) in [7, 11) is 0. The second-order valence-electron chi connectivity index (χ2n) is 5.15. The van der Waals surface area contributed by atoms with Crippen LogP contribution in [0.1, 0.15) is 37.0 Å². The third kappa shape index (κ3) is 4.49. The van der Waals surface area contributed by atoms with Crippen molar-refractivity contribution in [1.29, 1.82) is 0 Å². The molecule has 0 saturated heterocycles. The van der Waals surface area contributed by atoms with Crippen molar-refractivity contribution in [3.8, 4) is 0 Å². The predicted molar refractivity (Wildman–Crippen MR) is 73.1 cm³/mol. The number of nitrogens with one attached hydrogen (secondary N) is 1.